The highest BCUT2D eigenvalue weighted by Crippen LogP contribution is 2.30. The molecule has 88 valence electrons. The van der Waals surface area contributed by atoms with Gasteiger partial charge >= 0.3 is 0 Å². The van der Waals surface area contributed by atoms with Gasteiger partial charge < -0.3 is 15.4 Å². The highest BCUT2D eigenvalue weighted by molar-refractivity contribution is 5.53. The molecule has 0 aromatic carbocycles. The molecule has 0 amide bonds. The number of methoxy groups -OCH3 is 1. The van der Waals surface area contributed by atoms with Gasteiger partial charge in [-0.2, -0.15) is 0 Å². The van der Waals surface area contributed by atoms with Gasteiger partial charge in [0.25, 0.3) is 0 Å². The van der Waals surface area contributed by atoms with Crippen LogP contribution in [0.5, 0.6) is 5.75 Å². The van der Waals surface area contributed by atoms with Crippen molar-refractivity contribution in [2.24, 2.45) is 5.73 Å². The van der Waals surface area contributed by atoms with Crippen molar-refractivity contribution in [1.29, 1.82) is 0 Å². The third kappa shape index (κ3) is 2.11. The molecule has 16 heavy (non-hydrogen) atoms. The number of aromatic nitrogens is 1. The van der Waals surface area contributed by atoms with Crippen LogP contribution in [0.2, 0.25) is 0 Å². The van der Waals surface area contributed by atoms with Gasteiger partial charge in [0.05, 0.1) is 7.11 Å². The lowest BCUT2D eigenvalue weighted by molar-refractivity contribution is 0.402. The molecule has 4 nitrogen and oxygen atoms in total. The zero-order chi connectivity index (χ0) is 11.4. The summed E-state index contributed by atoms with van der Waals surface area (Å²) >= 11 is 0. The Labute approximate surface area is 96.4 Å². The molecule has 1 aliphatic rings. The average Bonchev–Trinajstić information content (AvgIpc) is 2.38. The lowest BCUT2D eigenvalue weighted by Gasteiger charge is -2.36. The highest BCUT2D eigenvalue weighted by Gasteiger charge is 2.24. The second kappa shape index (κ2) is 5.16. The molecule has 4 heteroatoms. The molecule has 1 aliphatic heterocycles. The standard InChI is InChI=1S/C12H19N3O/c1-16-11-6-4-7-14-12(11)15-8-3-2-5-10(15)9-13/h4,6-7,10H,2-3,5,8-9,13H2,1H3. The molecule has 1 aromatic rings. The van der Waals surface area contributed by atoms with E-state index in [1.807, 2.05) is 12.1 Å². The van der Waals surface area contributed by atoms with Gasteiger partial charge in [-0.3, -0.25) is 0 Å². The number of anilines is 1. The molecule has 1 unspecified atom stereocenters. The molecule has 1 saturated heterocycles. The largest absolute Gasteiger partial charge is 0.493 e. The maximum Gasteiger partial charge on any atom is 0.171 e. The molecule has 0 radical (unpaired) electrons. The summed E-state index contributed by atoms with van der Waals surface area (Å²) in [6, 6.07) is 4.24. The molecule has 1 fully saturated rings. The number of ether oxygens (including phenoxy) is 1. The fourth-order valence-corrected chi connectivity index (χ4v) is 2.28. The molecule has 2 rings (SSSR count). The minimum absolute atomic E-state index is 0.401. The van der Waals surface area contributed by atoms with E-state index in [4.69, 9.17) is 10.5 Å². The average molecular weight is 221 g/mol. The van der Waals surface area contributed by atoms with E-state index in [-0.39, 0.29) is 0 Å². The van der Waals surface area contributed by atoms with Gasteiger partial charge in [0.2, 0.25) is 0 Å². The number of hydrogen-bond acceptors (Lipinski definition) is 4. The number of piperidine rings is 1. The Kier molecular flexibility index (Phi) is 3.62. The summed E-state index contributed by atoms with van der Waals surface area (Å²) in [5, 5.41) is 0. The van der Waals surface area contributed by atoms with E-state index in [9.17, 15) is 0 Å². The minimum Gasteiger partial charge on any atom is -0.493 e. The van der Waals surface area contributed by atoms with E-state index in [0.29, 0.717) is 12.6 Å². The minimum atomic E-state index is 0.401. The summed E-state index contributed by atoms with van der Waals surface area (Å²) in [4.78, 5) is 6.70. The van der Waals surface area contributed by atoms with E-state index < -0.39 is 0 Å². The summed E-state index contributed by atoms with van der Waals surface area (Å²) in [7, 11) is 1.68. The quantitative estimate of drug-likeness (QED) is 0.838. The van der Waals surface area contributed by atoms with Gasteiger partial charge in [-0.05, 0) is 31.4 Å². The van der Waals surface area contributed by atoms with Crippen molar-refractivity contribution >= 4 is 5.82 Å². The number of nitrogens with two attached hydrogens (primary N) is 1. The first-order valence-electron chi connectivity index (χ1n) is 5.82. The molecule has 0 saturated carbocycles. The second-order valence-electron chi connectivity index (χ2n) is 4.11. The lowest BCUT2D eigenvalue weighted by atomic mass is 10.0. The van der Waals surface area contributed by atoms with E-state index in [2.05, 4.69) is 9.88 Å². The third-order valence-corrected chi connectivity index (χ3v) is 3.14. The molecule has 0 spiro atoms. The van der Waals surface area contributed by atoms with Crippen LogP contribution < -0.4 is 15.4 Å². The van der Waals surface area contributed by atoms with Crippen LogP contribution >= 0.6 is 0 Å². The molecule has 0 aliphatic carbocycles. The van der Waals surface area contributed by atoms with Crippen molar-refractivity contribution in [3.8, 4) is 5.75 Å². The Bertz CT molecular complexity index is 343. The maximum absolute atomic E-state index is 5.81. The second-order valence-corrected chi connectivity index (χ2v) is 4.11. The van der Waals surface area contributed by atoms with Crippen LogP contribution in [-0.2, 0) is 0 Å². The van der Waals surface area contributed by atoms with Crippen molar-refractivity contribution in [2.75, 3.05) is 25.1 Å². The fourth-order valence-electron chi connectivity index (χ4n) is 2.28. The highest BCUT2D eigenvalue weighted by atomic mass is 16.5. The van der Waals surface area contributed by atoms with E-state index in [1.54, 1.807) is 13.3 Å². The molecule has 2 heterocycles. The predicted octanol–water partition coefficient (Wildman–Crippen LogP) is 1.41. The predicted molar refractivity (Wildman–Crippen MR) is 64.8 cm³/mol. The Morgan fingerprint density at radius 1 is 1.56 bits per heavy atom. The molecular weight excluding hydrogens is 202 g/mol. The lowest BCUT2D eigenvalue weighted by Crippen LogP contribution is -2.44. The number of hydrogen-bond donors (Lipinski definition) is 1. The third-order valence-electron chi connectivity index (χ3n) is 3.14. The van der Waals surface area contributed by atoms with Gasteiger partial charge in [0.1, 0.15) is 0 Å². The Morgan fingerprint density at radius 3 is 3.19 bits per heavy atom. The van der Waals surface area contributed by atoms with Crippen molar-refractivity contribution in [3.05, 3.63) is 18.3 Å². The SMILES string of the molecule is COc1cccnc1N1CCCCC1CN. The monoisotopic (exact) mass is 221 g/mol. The summed E-state index contributed by atoms with van der Waals surface area (Å²) in [6.07, 6.45) is 5.42. The maximum atomic E-state index is 5.81. The van der Waals surface area contributed by atoms with Gasteiger partial charge in [0.15, 0.2) is 11.6 Å². The molecule has 1 atom stereocenters. The van der Waals surface area contributed by atoms with Gasteiger partial charge in [-0.1, -0.05) is 0 Å². The van der Waals surface area contributed by atoms with E-state index in [0.717, 1.165) is 24.5 Å². The van der Waals surface area contributed by atoms with Crippen LogP contribution in [0.4, 0.5) is 5.82 Å². The van der Waals surface area contributed by atoms with Crippen LogP contribution in [-0.4, -0.2) is 31.2 Å². The van der Waals surface area contributed by atoms with Crippen molar-refractivity contribution in [3.63, 3.8) is 0 Å². The van der Waals surface area contributed by atoms with Crippen molar-refractivity contribution in [2.45, 2.75) is 25.3 Å². The topological polar surface area (TPSA) is 51.4 Å². The van der Waals surface area contributed by atoms with Gasteiger partial charge in [-0.25, -0.2) is 4.98 Å². The number of rotatable bonds is 3. The van der Waals surface area contributed by atoms with Crippen LogP contribution in [0.15, 0.2) is 18.3 Å². The Hall–Kier alpha value is -1.29. The van der Waals surface area contributed by atoms with Gasteiger partial charge in [-0.15, -0.1) is 0 Å². The first-order chi connectivity index (χ1) is 7.86. The first-order valence-corrected chi connectivity index (χ1v) is 5.82. The molecule has 2 N–H and O–H groups in total. The summed E-state index contributed by atoms with van der Waals surface area (Å²) in [6.45, 7) is 1.70. The zero-order valence-corrected chi connectivity index (χ0v) is 9.72. The summed E-state index contributed by atoms with van der Waals surface area (Å²) in [5.74, 6) is 1.77. The van der Waals surface area contributed by atoms with Crippen LogP contribution in [0, 0.1) is 0 Å². The van der Waals surface area contributed by atoms with Crippen LogP contribution in [0.1, 0.15) is 19.3 Å². The number of nitrogens with zero attached hydrogens (tertiary/aromatic N) is 2. The zero-order valence-electron chi connectivity index (χ0n) is 9.72. The summed E-state index contributed by atoms with van der Waals surface area (Å²) in [5.41, 5.74) is 5.81. The molecular formula is C12H19N3O. The Morgan fingerprint density at radius 2 is 2.44 bits per heavy atom. The van der Waals surface area contributed by atoms with Crippen molar-refractivity contribution < 1.29 is 4.74 Å². The molecule has 0 bridgehead atoms. The van der Waals surface area contributed by atoms with Crippen LogP contribution in [0.3, 0.4) is 0 Å². The summed E-state index contributed by atoms with van der Waals surface area (Å²) < 4.78 is 5.35. The normalized spacial score (nSPS) is 20.9. The molecule has 1 aromatic heterocycles. The van der Waals surface area contributed by atoms with Gasteiger partial charge in [0, 0.05) is 25.3 Å². The number of pyridine rings is 1. The van der Waals surface area contributed by atoms with Crippen LogP contribution in [0.25, 0.3) is 0 Å². The smallest absolute Gasteiger partial charge is 0.171 e. The fraction of sp³-hybridized carbons (Fsp3) is 0.583. The van der Waals surface area contributed by atoms with E-state index in [1.165, 1.54) is 12.8 Å². The van der Waals surface area contributed by atoms with E-state index >= 15 is 0 Å². The van der Waals surface area contributed by atoms with Crippen molar-refractivity contribution in [1.82, 2.24) is 4.98 Å². The first kappa shape index (κ1) is 11.2. The Balaban J connectivity index is 2.26.